The second-order valence-electron chi connectivity index (χ2n) is 5.30. The maximum Gasteiger partial charge on any atom is 0.223 e. The van der Waals surface area contributed by atoms with Crippen LogP contribution in [0.4, 0.5) is 0 Å². The van der Waals surface area contributed by atoms with E-state index in [0.29, 0.717) is 37.6 Å². The molecule has 1 saturated heterocycles. The highest BCUT2D eigenvalue weighted by Crippen LogP contribution is 2.28. The number of carbonyl (C=O) groups excluding carboxylic acids is 1. The molecule has 116 valence electrons. The number of aryl methyl sites for hydroxylation is 1. The number of amides is 1. The van der Waals surface area contributed by atoms with Gasteiger partial charge in [0.05, 0.1) is 19.4 Å². The summed E-state index contributed by atoms with van der Waals surface area (Å²) >= 11 is 6.22. The molecule has 0 bridgehead atoms. The molecule has 2 heterocycles. The largest absolute Gasteiger partial charge is 0.469 e. The van der Waals surface area contributed by atoms with Crippen LogP contribution in [0.1, 0.15) is 23.8 Å². The second kappa shape index (κ2) is 6.99. The second-order valence-corrected chi connectivity index (χ2v) is 5.71. The van der Waals surface area contributed by atoms with E-state index < -0.39 is 0 Å². The summed E-state index contributed by atoms with van der Waals surface area (Å²) in [7, 11) is 0. The van der Waals surface area contributed by atoms with Gasteiger partial charge in [0.1, 0.15) is 11.9 Å². The van der Waals surface area contributed by atoms with Crippen molar-refractivity contribution in [1.82, 2.24) is 4.90 Å². The number of furan rings is 1. The zero-order valence-corrected chi connectivity index (χ0v) is 13.0. The molecule has 4 nitrogen and oxygen atoms in total. The van der Waals surface area contributed by atoms with E-state index in [-0.39, 0.29) is 12.0 Å². The van der Waals surface area contributed by atoms with Gasteiger partial charge in [-0.3, -0.25) is 4.79 Å². The van der Waals surface area contributed by atoms with Crippen molar-refractivity contribution < 1.29 is 13.9 Å². The summed E-state index contributed by atoms with van der Waals surface area (Å²) in [6.45, 7) is 1.70. The number of morpholine rings is 1. The number of nitrogens with zero attached hydrogens (tertiary/aromatic N) is 1. The van der Waals surface area contributed by atoms with Crippen LogP contribution in [-0.4, -0.2) is 30.5 Å². The minimum atomic E-state index is -0.157. The lowest BCUT2D eigenvalue weighted by Crippen LogP contribution is -2.42. The molecular formula is C17H18ClNO3. The zero-order chi connectivity index (χ0) is 15.4. The van der Waals surface area contributed by atoms with Crippen LogP contribution in [0.25, 0.3) is 0 Å². The minimum Gasteiger partial charge on any atom is -0.469 e. The van der Waals surface area contributed by atoms with E-state index in [4.69, 9.17) is 20.8 Å². The lowest BCUT2D eigenvalue weighted by Gasteiger charge is -2.33. The first-order valence-corrected chi connectivity index (χ1v) is 7.78. The van der Waals surface area contributed by atoms with E-state index in [1.165, 1.54) is 0 Å². The van der Waals surface area contributed by atoms with Crippen molar-refractivity contribution in [3.8, 4) is 0 Å². The van der Waals surface area contributed by atoms with Gasteiger partial charge >= 0.3 is 0 Å². The van der Waals surface area contributed by atoms with Crippen LogP contribution in [0, 0.1) is 0 Å². The first-order valence-electron chi connectivity index (χ1n) is 7.40. The molecule has 3 rings (SSSR count). The van der Waals surface area contributed by atoms with Crippen LogP contribution in [-0.2, 0) is 16.0 Å². The van der Waals surface area contributed by atoms with Gasteiger partial charge in [-0.15, -0.1) is 0 Å². The fourth-order valence-electron chi connectivity index (χ4n) is 2.64. The summed E-state index contributed by atoms with van der Waals surface area (Å²) in [5.41, 5.74) is 0.938. The number of rotatable bonds is 4. The predicted octanol–water partition coefficient (Wildman–Crippen LogP) is 3.47. The maximum absolute atomic E-state index is 12.4. The molecule has 1 amide bonds. The van der Waals surface area contributed by atoms with Crippen LogP contribution >= 0.6 is 11.6 Å². The molecule has 1 aliphatic heterocycles. The Morgan fingerprint density at radius 2 is 2.14 bits per heavy atom. The SMILES string of the molecule is O=C(CCc1ccco1)N1CCOC(c2ccccc2Cl)C1. The monoisotopic (exact) mass is 319 g/mol. The molecule has 1 atom stereocenters. The normalized spacial score (nSPS) is 18.4. The van der Waals surface area contributed by atoms with Crippen LogP contribution in [0.2, 0.25) is 5.02 Å². The van der Waals surface area contributed by atoms with Gasteiger partial charge in [0.25, 0.3) is 0 Å². The van der Waals surface area contributed by atoms with Crippen molar-refractivity contribution in [2.24, 2.45) is 0 Å². The summed E-state index contributed by atoms with van der Waals surface area (Å²) < 4.78 is 11.0. The maximum atomic E-state index is 12.4. The molecular weight excluding hydrogens is 302 g/mol. The Bertz CT molecular complexity index is 627. The van der Waals surface area contributed by atoms with E-state index in [2.05, 4.69) is 0 Å². The van der Waals surface area contributed by atoms with E-state index in [1.807, 2.05) is 41.3 Å². The molecule has 0 N–H and O–H groups in total. The smallest absolute Gasteiger partial charge is 0.223 e. The predicted molar refractivity (Wildman–Crippen MR) is 83.8 cm³/mol. The number of carbonyl (C=O) groups is 1. The molecule has 1 fully saturated rings. The van der Waals surface area contributed by atoms with E-state index in [1.54, 1.807) is 6.26 Å². The summed E-state index contributed by atoms with van der Waals surface area (Å²) in [6, 6.07) is 11.3. The fraction of sp³-hybridized carbons (Fsp3) is 0.353. The van der Waals surface area contributed by atoms with Gasteiger partial charge in [0.2, 0.25) is 5.91 Å². The van der Waals surface area contributed by atoms with E-state index in [0.717, 1.165) is 11.3 Å². The highest BCUT2D eigenvalue weighted by Gasteiger charge is 2.26. The molecule has 5 heteroatoms. The molecule has 1 aliphatic rings. The van der Waals surface area contributed by atoms with Gasteiger partial charge < -0.3 is 14.1 Å². The zero-order valence-electron chi connectivity index (χ0n) is 12.2. The number of hydrogen-bond donors (Lipinski definition) is 0. The topological polar surface area (TPSA) is 42.7 Å². The number of ether oxygens (including phenoxy) is 1. The molecule has 1 aromatic heterocycles. The molecule has 2 aromatic rings. The first-order chi connectivity index (χ1) is 10.7. The van der Waals surface area contributed by atoms with Crippen molar-refractivity contribution >= 4 is 17.5 Å². The van der Waals surface area contributed by atoms with Crippen molar-refractivity contribution in [3.63, 3.8) is 0 Å². The summed E-state index contributed by atoms with van der Waals surface area (Å²) in [5, 5.41) is 0.678. The molecule has 22 heavy (non-hydrogen) atoms. The van der Waals surface area contributed by atoms with Crippen molar-refractivity contribution in [2.45, 2.75) is 18.9 Å². The van der Waals surface area contributed by atoms with Crippen LogP contribution in [0.15, 0.2) is 47.1 Å². The summed E-state index contributed by atoms with van der Waals surface area (Å²) in [6.07, 6.45) is 2.54. The molecule has 0 aliphatic carbocycles. The minimum absolute atomic E-state index is 0.122. The first kappa shape index (κ1) is 15.1. The Morgan fingerprint density at radius 1 is 1.27 bits per heavy atom. The number of halogens is 1. The lowest BCUT2D eigenvalue weighted by atomic mass is 10.1. The third-order valence-electron chi connectivity index (χ3n) is 3.84. The average molecular weight is 320 g/mol. The van der Waals surface area contributed by atoms with Gasteiger partial charge in [-0.25, -0.2) is 0 Å². The third-order valence-corrected chi connectivity index (χ3v) is 4.18. The van der Waals surface area contributed by atoms with E-state index in [9.17, 15) is 4.79 Å². The Morgan fingerprint density at radius 3 is 2.91 bits per heavy atom. The molecule has 0 spiro atoms. The van der Waals surface area contributed by atoms with Gasteiger partial charge in [0, 0.05) is 30.0 Å². The van der Waals surface area contributed by atoms with Crippen molar-refractivity contribution in [3.05, 3.63) is 59.0 Å². The van der Waals surface area contributed by atoms with Gasteiger partial charge in [-0.1, -0.05) is 29.8 Å². The standard InChI is InChI=1S/C17H18ClNO3/c18-15-6-2-1-5-14(15)16-12-19(9-11-22-16)17(20)8-7-13-4-3-10-21-13/h1-6,10,16H,7-9,11-12H2. The van der Waals surface area contributed by atoms with Crippen LogP contribution in [0.5, 0.6) is 0 Å². The van der Waals surface area contributed by atoms with Crippen molar-refractivity contribution in [1.29, 1.82) is 0 Å². The number of hydrogen-bond acceptors (Lipinski definition) is 3. The third kappa shape index (κ3) is 3.51. The van der Waals surface area contributed by atoms with Gasteiger partial charge in [-0.2, -0.15) is 0 Å². The quantitative estimate of drug-likeness (QED) is 0.866. The number of benzene rings is 1. The summed E-state index contributed by atoms with van der Waals surface area (Å²) in [5.74, 6) is 0.959. The molecule has 1 aromatic carbocycles. The Hall–Kier alpha value is -1.78. The van der Waals surface area contributed by atoms with Gasteiger partial charge in [0.15, 0.2) is 0 Å². The Kier molecular flexibility index (Phi) is 4.80. The fourth-order valence-corrected chi connectivity index (χ4v) is 2.90. The lowest BCUT2D eigenvalue weighted by molar-refractivity contribution is -0.139. The molecule has 0 saturated carbocycles. The average Bonchev–Trinajstić information content (AvgIpc) is 3.06. The van der Waals surface area contributed by atoms with E-state index >= 15 is 0 Å². The molecule has 1 unspecified atom stereocenters. The highest BCUT2D eigenvalue weighted by molar-refractivity contribution is 6.31. The van der Waals surface area contributed by atoms with Crippen LogP contribution in [0.3, 0.4) is 0 Å². The summed E-state index contributed by atoms with van der Waals surface area (Å²) in [4.78, 5) is 14.2. The van der Waals surface area contributed by atoms with Gasteiger partial charge in [-0.05, 0) is 18.2 Å². The van der Waals surface area contributed by atoms with Crippen LogP contribution < -0.4 is 0 Å². The Balaban J connectivity index is 1.60. The van der Waals surface area contributed by atoms with Crippen molar-refractivity contribution in [2.75, 3.05) is 19.7 Å². The molecule has 0 radical (unpaired) electrons. The highest BCUT2D eigenvalue weighted by atomic mass is 35.5. The Labute approximate surface area is 134 Å².